The Kier molecular flexibility index (Phi) is 7.56. The van der Waals surface area contributed by atoms with Crippen LogP contribution in [0.3, 0.4) is 0 Å². The number of para-hydroxylation sites is 1. The minimum absolute atomic E-state index is 0.00478. The van der Waals surface area contributed by atoms with Crippen molar-refractivity contribution in [3.63, 3.8) is 0 Å². The van der Waals surface area contributed by atoms with E-state index in [1.807, 2.05) is 42.5 Å². The molecule has 0 spiro atoms. The predicted molar refractivity (Wildman–Crippen MR) is 139 cm³/mol. The van der Waals surface area contributed by atoms with Crippen molar-refractivity contribution in [3.05, 3.63) is 78.6 Å². The highest BCUT2D eigenvalue weighted by Crippen LogP contribution is 2.33. The van der Waals surface area contributed by atoms with Crippen molar-refractivity contribution in [2.75, 3.05) is 16.4 Å². The lowest BCUT2D eigenvalue weighted by atomic mass is 9.90. The Hall–Kier alpha value is -4.71. The molecule has 1 saturated carbocycles. The third-order valence-corrected chi connectivity index (χ3v) is 6.16. The predicted octanol–water partition coefficient (Wildman–Crippen LogP) is 3.90. The fourth-order valence-corrected chi connectivity index (χ4v) is 4.20. The van der Waals surface area contributed by atoms with Gasteiger partial charge in [0.05, 0.1) is 5.56 Å². The van der Waals surface area contributed by atoms with E-state index in [0.717, 1.165) is 36.9 Å². The Bertz CT molecular complexity index is 1290. The van der Waals surface area contributed by atoms with E-state index in [1.165, 1.54) is 6.33 Å². The first kappa shape index (κ1) is 24.4. The van der Waals surface area contributed by atoms with Crippen molar-refractivity contribution in [2.24, 2.45) is 0 Å². The van der Waals surface area contributed by atoms with Crippen LogP contribution in [0.15, 0.2) is 73.1 Å². The Morgan fingerprint density at radius 3 is 2.31 bits per heavy atom. The van der Waals surface area contributed by atoms with Gasteiger partial charge in [-0.05, 0) is 55.5 Å². The van der Waals surface area contributed by atoms with E-state index >= 15 is 0 Å². The molecule has 0 unspecified atom stereocenters. The number of carbonyl (C=O) groups is 2. The maximum absolute atomic E-state index is 12.6. The molecule has 0 radical (unpaired) electrons. The van der Waals surface area contributed by atoms with E-state index in [4.69, 9.17) is 11.0 Å². The fourth-order valence-electron chi connectivity index (χ4n) is 4.20. The molecule has 1 aliphatic carbocycles. The highest BCUT2D eigenvalue weighted by molar-refractivity contribution is 6.04. The number of nitrogen functional groups attached to an aromatic ring is 1. The van der Waals surface area contributed by atoms with Crippen molar-refractivity contribution in [1.82, 2.24) is 15.3 Å². The number of rotatable bonds is 7. The number of hydrogen-bond acceptors (Lipinski definition) is 7. The molecule has 1 aliphatic rings. The number of nitrogens with zero attached hydrogens (tertiary/aromatic N) is 3. The van der Waals surface area contributed by atoms with Gasteiger partial charge >= 0.3 is 0 Å². The zero-order valence-electron chi connectivity index (χ0n) is 19.7. The van der Waals surface area contributed by atoms with E-state index in [1.54, 1.807) is 18.2 Å². The van der Waals surface area contributed by atoms with Gasteiger partial charge in [-0.15, -0.1) is 0 Å². The molecule has 1 fully saturated rings. The number of nitrogens with two attached hydrogens (primary N) is 1. The average Bonchev–Trinajstić information content (AvgIpc) is 2.90. The molecule has 0 saturated heterocycles. The van der Waals surface area contributed by atoms with Crippen LogP contribution in [0, 0.1) is 11.3 Å². The summed E-state index contributed by atoms with van der Waals surface area (Å²) in [5.41, 5.74) is 8.86. The molecule has 1 heterocycles. The highest BCUT2D eigenvalue weighted by Gasteiger charge is 2.24. The molecular formula is C27H27N7O2. The number of nitrogens with one attached hydrogen (secondary N) is 3. The number of anilines is 3. The fraction of sp³-hybridized carbons (Fsp3) is 0.222. The molecule has 4 rings (SSSR count). The van der Waals surface area contributed by atoms with E-state index in [2.05, 4.69) is 32.5 Å². The summed E-state index contributed by atoms with van der Waals surface area (Å²) in [5, 5.41) is 18.0. The van der Waals surface area contributed by atoms with Crippen LogP contribution in [0.1, 0.15) is 36.0 Å². The van der Waals surface area contributed by atoms with Gasteiger partial charge in [0.2, 0.25) is 0 Å². The topological polar surface area (TPSA) is 146 Å². The van der Waals surface area contributed by atoms with Gasteiger partial charge in [-0.1, -0.05) is 36.9 Å². The molecule has 5 N–H and O–H groups in total. The molecule has 182 valence electrons. The second-order valence-electron chi connectivity index (χ2n) is 8.64. The normalized spacial score (nSPS) is 16.9. The summed E-state index contributed by atoms with van der Waals surface area (Å²) < 4.78 is 0. The smallest absolute Gasteiger partial charge is 0.261 e. The van der Waals surface area contributed by atoms with E-state index in [-0.39, 0.29) is 23.6 Å². The third kappa shape index (κ3) is 5.85. The molecule has 0 atom stereocenters. The summed E-state index contributed by atoms with van der Waals surface area (Å²) in [5.74, 6) is 0.338. The Morgan fingerprint density at radius 1 is 0.972 bits per heavy atom. The molecule has 3 aromatic rings. The summed E-state index contributed by atoms with van der Waals surface area (Å²) >= 11 is 0. The lowest BCUT2D eigenvalue weighted by Crippen LogP contribution is -2.40. The third-order valence-electron chi connectivity index (χ3n) is 6.16. The summed E-state index contributed by atoms with van der Waals surface area (Å²) in [6.45, 7) is 3.46. The largest absolute Gasteiger partial charge is 0.383 e. The van der Waals surface area contributed by atoms with Gasteiger partial charge in [0.1, 0.15) is 29.6 Å². The molecule has 9 nitrogen and oxygen atoms in total. The van der Waals surface area contributed by atoms with Crippen LogP contribution < -0.4 is 21.7 Å². The molecule has 2 amide bonds. The molecule has 1 aromatic heterocycles. The maximum Gasteiger partial charge on any atom is 0.261 e. The first-order chi connectivity index (χ1) is 17.4. The molecular weight excluding hydrogens is 454 g/mol. The van der Waals surface area contributed by atoms with Gasteiger partial charge in [0.25, 0.3) is 11.8 Å². The van der Waals surface area contributed by atoms with E-state index in [9.17, 15) is 9.59 Å². The summed E-state index contributed by atoms with van der Waals surface area (Å²) in [6, 6.07) is 18.3. The summed E-state index contributed by atoms with van der Waals surface area (Å²) in [6.07, 6.45) is 4.58. The zero-order chi connectivity index (χ0) is 25.5. The van der Waals surface area contributed by atoms with Gasteiger partial charge in [-0.3, -0.25) is 9.59 Å². The first-order valence-electron chi connectivity index (χ1n) is 11.7. The van der Waals surface area contributed by atoms with Crippen molar-refractivity contribution in [3.8, 4) is 17.2 Å². The van der Waals surface area contributed by atoms with E-state index in [0.29, 0.717) is 22.8 Å². The zero-order valence-corrected chi connectivity index (χ0v) is 19.7. The average molecular weight is 482 g/mol. The second-order valence-corrected chi connectivity index (χ2v) is 8.64. The van der Waals surface area contributed by atoms with Crippen molar-refractivity contribution in [1.29, 1.82) is 5.26 Å². The Morgan fingerprint density at radius 2 is 1.64 bits per heavy atom. The van der Waals surface area contributed by atoms with Crippen LogP contribution in [0.4, 0.5) is 17.3 Å². The molecule has 0 bridgehead atoms. The number of nitriles is 1. The summed E-state index contributed by atoms with van der Waals surface area (Å²) in [4.78, 5) is 33.1. The van der Waals surface area contributed by atoms with Gasteiger partial charge < -0.3 is 21.7 Å². The molecule has 0 aliphatic heterocycles. The quantitative estimate of drug-likeness (QED) is 0.296. The Labute approximate surface area is 209 Å². The van der Waals surface area contributed by atoms with Crippen molar-refractivity contribution in [2.45, 2.75) is 37.8 Å². The molecule has 36 heavy (non-hydrogen) atoms. The first-order valence-corrected chi connectivity index (χ1v) is 11.7. The molecule has 2 aromatic carbocycles. The monoisotopic (exact) mass is 481 g/mol. The number of amides is 2. The number of carbonyl (C=O) groups excluding carboxylic acids is 2. The second kappa shape index (κ2) is 11.1. The highest BCUT2D eigenvalue weighted by atomic mass is 16.2. The van der Waals surface area contributed by atoms with Gasteiger partial charge in [0, 0.05) is 23.3 Å². The standard InChI is InChI=1S/C27H27N7O2/c1-17(15-28)26(35)33-22-13-11-21(12-14-22)32-25-23(24(29)30-16-31-25)18-7-9-19(10-8-18)27(36)34-20-5-3-2-4-6-20/h2-10,16,21-22H,1,11-14H2,(H,33,35)(H,34,36)(H3,29,30,31,32). The lowest BCUT2D eigenvalue weighted by molar-refractivity contribution is -0.118. The lowest BCUT2D eigenvalue weighted by Gasteiger charge is -2.30. The van der Waals surface area contributed by atoms with Crippen LogP contribution in [-0.4, -0.2) is 33.9 Å². The Balaban J connectivity index is 1.42. The van der Waals surface area contributed by atoms with Gasteiger partial charge in [-0.25, -0.2) is 9.97 Å². The van der Waals surface area contributed by atoms with Gasteiger partial charge in [-0.2, -0.15) is 5.26 Å². The van der Waals surface area contributed by atoms with Crippen LogP contribution in [0.2, 0.25) is 0 Å². The summed E-state index contributed by atoms with van der Waals surface area (Å²) in [7, 11) is 0. The number of benzene rings is 2. The van der Waals surface area contributed by atoms with Crippen LogP contribution in [-0.2, 0) is 4.79 Å². The number of hydrogen-bond donors (Lipinski definition) is 4. The van der Waals surface area contributed by atoms with Crippen LogP contribution in [0.5, 0.6) is 0 Å². The minimum Gasteiger partial charge on any atom is -0.383 e. The van der Waals surface area contributed by atoms with Gasteiger partial charge in [0.15, 0.2) is 0 Å². The number of aromatic nitrogens is 2. The van der Waals surface area contributed by atoms with Crippen molar-refractivity contribution < 1.29 is 9.59 Å². The van der Waals surface area contributed by atoms with Crippen LogP contribution in [0.25, 0.3) is 11.1 Å². The SMILES string of the molecule is C=C(C#N)C(=O)NC1CCC(Nc2ncnc(N)c2-c2ccc(C(=O)Nc3ccccc3)cc2)CC1. The maximum atomic E-state index is 12.6. The van der Waals surface area contributed by atoms with E-state index < -0.39 is 5.91 Å². The van der Waals surface area contributed by atoms with Crippen LogP contribution >= 0.6 is 0 Å². The molecule has 9 heteroatoms. The minimum atomic E-state index is -0.416. The van der Waals surface area contributed by atoms with Crippen molar-refractivity contribution >= 4 is 29.1 Å².